The lowest BCUT2D eigenvalue weighted by Crippen LogP contribution is -2.40. The Morgan fingerprint density at radius 2 is 2.00 bits per heavy atom. The van der Waals surface area contributed by atoms with Crippen LogP contribution in [0.3, 0.4) is 0 Å². The van der Waals surface area contributed by atoms with Crippen molar-refractivity contribution in [3.8, 4) is 11.4 Å². The Morgan fingerprint density at radius 3 is 2.75 bits per heavy atom. The van der Waals surface area contributed by atoms with Gasteiger partial charge in [-0.05, 0) is 31.0 Å². The van der Waals surface area contributed by atoms with Gasteiger partial charge in [0.2, 0.25) is 5.95 Å². The minimum Gasteiger partial charge on any atom is -0.339 e. The lowest BCUT2D eigenvalue weighted by atomic mass is 10.1. The molecule has 0 radical (unpaired) electrons. The van der Waals surface area contributed by atoms with Gasteiger partial charge in [0.25, 0.3) is 0 Å². The number of H-pyrrole nitrogens is 1. The number of rotatable bonds is 2. The van der Waals surface area contributed by atoms with Crippen LogP contribution >= 0.6 is 31.9 Å². The first-order valence-corrected chi connectivity index (χ1v) is 8.10. The summed E-state index contributed by atoms with van der Waals surface area (Å²) in [6, 6.07) is 6.29. The molecule has 1 fully saturated rings. The average Bonchev–Trinajstić information content (AvgIpc) is 2.92. The molecule has 1 aliphatic heterocycles. The molecule has 0 saturated carbocycles. The number of halogens is 2. The van der Waals surface area contributed by atoms with Crippen LogP contribution in [0.1, 0.15) is 12.8 Å². The summed E-state index contributed by atoms with van der Waals surface area (Å²) in [5.41, 5.74) is 6.91. The molecule has 5 nitrogen and oxygen atoms in total. The Labute approximate surface area is 134 Å². The van der Waals surface area contributed by atoms with Gasteiger partial charge in [0.1, 0.15) is 0 Å². The van der Waals surface area contributed by atoms with Crippen molar-refractivity contribution in [2.75, 3.05) is 18.0 Å². The third-order valence-corrected chi connectivity index (χ3v) is 4.66. The zero-order valence-electron chi connectivity index (χ0n) is 10.8. The van der Waals surface area contributed by atoms with Crippen LogP contribution in [-0.2, 0) is 0 Å². The van der Waals surface area contributed by atoms with Crippen LogP contribution in [-0.4, -0.2) is 34.3 Å². The average molecular weight is 401 g/mol. The predicted octanol–water partition coefficient (Wildman–Crippen LogP) is 2.92. The van der Waals surface area contributed by atoms with Gasteiger partial charge >= 0.3 is 0 Å². The molecule has 0 spiro atoms. The van der Waals surface area contributed by atoms with Gasteiger partial charge in [-0.25, -0.2) is 0 Å². The fourth-order valence-electron chi connectivity index (χ4n) is 2.29. The number of hydrogen-bond acceptors (Lipinski definition) is 4. The zero-order chi connectivity index (χ0) is 14.1. The normalized spacial score (nSPS) is 16.6. The van der Waals surface area contributed by atoms with Gasteiger partial charge in [0, 0.05) is 33.6 Å². The number of nitrogens with two attached hydrogens (primary N) is 1. The van der Waals surface area contributed by atoms with Gasteiger partial charge in [0.15, 0.2) is 5.82 Å². The number of piperidine rings is 1. The Morgan fingerprint density at radius 1 is 1.25 bits per heavy atom. The summed E-state index contributed by atoms with van der Waals surface area (Å²) < 4.78 is 2.00. The first-order chi connectivity index (χ1) is 9.63. The molecule has 0 unspecified atom stereocenters. The first kappa shape index (κ1) is 14.0. The van der Waals surface area contributed by atoms with E-state index >= 15 is 0 Å². The molecular weight excluding hydrogens is 386 g/mol. The number of aromatic amines is 1. The van der Waals surface area contributed by atoms with Crippen molar-refractivity contribution < 1.29 is 0 Å². The Hall–Kier alpha value is -0.920. The zero-order valence-corrected chi connectivity index (χ0v) is 14.0. The first-order valence-electron chi connectivity index (χ1n) is 6.52. The number of hydrogen-bond donors (Lipinski definition) is 2. The van der Waals surface area contributed by atoms with E-state index in [1.807, 2.05) is 18.2 Å². The van der Waals surface area contributed by atoms with Crippen LogP contribution in [0, 0.1) is 0 Å². The molecule has 1 saturated heterocycles. The van der Waals surface area contributed by atoms with E-state index in [4.69, 9.17) is 5.73 Å². The molecule has 0 amide bonds. The molecule has 1 aromatic carbocycles. The van der Waals surface area contributed by atoms with Gasteiger partial charge in [0.05, 0.1) is 0 Å². The summed E-state index contributed by atoms with van der Waals surface area (Å²) in [7, 11) is 0. The smallest absolute Gasteiger partial charge is 0.245 e. The second-order valence-electron chi connectivity index (χ2n) is 4.93. The highest BCUT2D eigenvalue weighted by atomic mass is 79.9. The molecule has 0 aliphatic carbocycles. The number of benzene rings is 1. The van der Waals surface area contributed by atoms with Crippen molar-refractivity contribution in [2.24, 2.45) is 5.73 Å². The highest BCUT2D eigenvalue weighted by Crippen LogP contribution is 2.29. The molecule has 106 valence electrons. The minimum absolute atomic E-state index is 0.309. The lowest BCUT2D eigenvalue weighted by molar-refractivity contribution is 0.496. The molecule has 2 aromatic rings. The van der Waals surface area contributed by atoms with Gasteiger partial charge in [-0.15, -0.1) is 5.10 Å². The Bertz CT molecular complexity index is 605. The summed E-state index contributed by atoms with van der Waals surface area (Å²) in [4.78, 5) is 6.77. The Kier molecular flexibility index (Phi) is 4.09. The second kappa shape index (κ2) is 5.83. The lowest BCUT2D eigenvalue weighted by Gasteiger charge is -2.28. The third kappa shape index (κ3) is 2.89. The van der Waals surface area contributed by atoms with E-state index in [9.17, 15) is 0 Å². The molecule has 3 N–H and O–H groups in total. The number of nitrogens with one attached hydrogen (secondary N) is 1. The van der Waals surface area contributed by atoms with Crippen molar-refractivity contribution in [1.29, 1.82) is 0 Å². The van der Waals surface area contributed by atoms with Gasteiger partial charge in [-0.2, -0.15) is 4.98 Å². The molecule has 0 atom stereocenters. The van der Waals surface area contributed by atoms with Crippen molar-refractivity contribution in [2.45, 2.75) is 18.9 Å². The molecule has 1 aliphatic rings. The topological polar surface area (TPSA) is 70.8 Å². The van der Waals surface area contributed by atoms with Crippen LogP contribution in [0.25, 0.3) is 11.4 Å². The monoisotopic (exact) mass is 399 g/mol. The van der Waals surface area contributed by atoms with Crippen LogP contribution in [0.2, 0.25) is 0 Å². The summed E-state index contributed by atoms with van der Waals surface area (Å²) in [5, 5.41) is 7.34. The largest absolute Gasteiger partial charge is 0.339 e. The van der Waals surface area contributed by atoms with Gasteiger partial charge in [-0.1, -0.05) is 31.9 Å². The fourth-order valence-corrected chi connectivity index (χ4v) is 3.09. The van der Waals surface area contributed by atoms with Crippen molar-refractivity contribution in [1.82, 2.24) is 15.2 Å². The summed E-state index contributed by atoms with van der Waals surface area (Å²) in [6.45, 7) is 1.83. The van der Waals surface area contributed by atoms with Crippen molar-refractivity contribution in [3.63, 3.8) is 0 Å². The Balaban J connectivity index is 1.85. The standard InChI is InChI=1S/C13H15Br2N5/c14-8-1-2-11(15)10(7-8)12-17-13(19-18-12)20-5-3-9(16)4-6-20/h1-2,7,9H,3-6,16H2,(H,17,18,19). The molecule has 2 heterocycles. The van der Waals surface area contributed by atoms with Crippen molar-refractivity contribution >= 4 is 37.8 Å². The van der Waals surface area contributed by atoms with Crippen LogP contribution in [0.4, 0.5) is 5.95 Å². The molecular formula is C13H15Br2N5. The van der Waals surface area contributed by atoms with E-state index in [1.54, 1.807) is 0 Å². The summed E-state index contributed by atoms with van der Waals surface area (Å²) in [6.07, 6.45) is 1.98. The summed E-state index contributed by atoms with van der Waals surface area (Å²) >= 11 is 7.02. The van der Waals surface area contributed by atoms with Crippen LogP contribution < -0.4 is 10.6 Å². The molecule has 20 heavy (non-hydrogen) atoms. The summed E-state index contributed by atoms with van der Waals surface area (Å²) in [5.74, 6) is 1.52. The highest BCUT2D eigenvalue weighted by Gasteiger charge is 2.20. The second-order valence-corrected chi connectivity index (χ2v) is 6.70. The number of anilines is 1. The fraction of sp³-hybridized carbons (Fsp3) is 0.385. The van der Waals surface area contributed by atoms with Crippen LogP contribution in [0.15, 0.2) is 27.1 Å². The predicted molar refractivity (Wildman–Crippen MR) is 86.6 cm³/mol. The van der Waals surface area contributed by atoms with Gasteiger partial charge in [-0.3, -0.25) is 5.10 Å². The van der Waals surface area contributed by atoms with E-state index in [-0.39, 0.29) is 0 Å². The highest BCUT2D eigenvalue weighted by molar-refractivity contribution is 9.11. The third-order valence-electron chi connectivity index (χ3n) is 3.48. The molecule has 1 aromatic heterocycles. The van der Waals surface area contributed by atoms with Crippen molar-refractivity contribution in [3.05, 3.63) is 27.1 Å². The number of aromatic nitrogens is 3. The molecule has 3 rings (SSSR count). The molecule has 7 heteroatoms. The quantitative estimate of drug-likeness (QED) is 0.812. The molecule has 0 bridgehead atoms. The van der Waals surface area contributed by atoms with Gasteiger partial charge < -0.3 is 10.6 Å². The SMILES string of the molecule is NC1CCN(c2n[nH]c(-c3cc(Br)ccc3Br)n2)CC1. The van der Waals surface area contributed by atoms with E-state index < -0.39 is 0 Å². The van der Waals surface area contributed by atoms with E-state index in [1.165, 1.54) is 0 Å². The maximum absolute atomic E-state index is 5.92. The van der Waals surface area contributed by atoms with Crippen LogP contribution in [0.5, 0.6) is 0 Å². The van der Waals surface area contributed by atoms with E-state index in [0.29, 0.717) is 6.04 Å². The number of nitrogens with zero attached hydrogens (tertiary/aromatic N) is 3. The minimum atomic E-state index is 0.309. The van der Waals surface area contributed by atoms with E-state index in [0.717, 1.165) is 52.2 Å². The maximum atomic E-state index is 5.92. The maximum Gasteiger partial charge on any atom is 0.245 e. The van der Waals surface area contributed by atoms with E-state index in [2.05, 4.69) is 51.9 Å².